The first-order chi connectivity index (χ1) is 11.8. The summed E-state index contributed by atoms with van der Waals surface area (Å²) in [5.74, 6) is -0.0978. The molecule has 0 aromatic rings. The van der Waals surface area contributed by atoms with Gasteiger partial charge in [-0.3, -0.25) is 4.79 Å². The normalized spacial score (nSPS) is 10.9. The third kappa shape index (κ3) is 19.4. The highest BCUT2D eigenvalue weighted by Gasteiger charge is 2.02. The number of hydrogen-bond donors (Lipinski definition) is 0. The molecule has 0 atom stereocenters. The van der Waals surface area contributed by atoms with Crippen molar-refractivity contribution in [1.82, 2.24) is 0 Å². The van der Waals surface area contributed by atoms with Crippen molar-refractivity contribution in [1.29, 1.82) is 0 Å². The lowest BCUT2D eigenvalue weighted by Gasteiger charge is -2.07. The minimum Gasteiger partial charge on any atom is -0.463 e. The molecule has 0 amide bonds. The predicted molar refractivity (Wildman–Crippen MR) is 99.3 cm³/mol. The Hall–Kier alpha value is -0.610. The first kappa shape index (κ1) is 23.4. The summed E-state index contributed by atoms with van der Waals surface area (Å²) in [5.41, 5.74) is 0. The van der Waals surface area contributed by atoms with Crippen molar-refractivity contribution in [3.8, 4) is 0 Å². The standard InChI is InChI=1S/C20H40O4/c1-3-5-7-9-10-11-12-14-20(21)24-19-18-23-17-16-22-15-13-8-6-4-2/h3-19H2,1-2H3. The molecule has 0 aliphatic carbocycles. The first-order valence-corrected chi connectivity index (χ1v) is 10.1. The number of esters is 1. The Balaban J connectivity index is 3.12. The van der Waals surface area contributed by atoms with E-state index in [9.17, 15) is 4.79 Å². The summed E-state index contributed by atoms with van der Waals surface area (Å²) < 4.78 is 16.0. The van der Waals surface area contributed by atoms with Crippen molar-refractivity contribution in [2.75, 3.05) is 33.0 Å². The summed E-state index contributed by atoms with van der Waals surface area (Å²) >= 11 is 0. The van der Waals surface area contributed by atoms with Gasteiger partial charge in [-0.25, -0.2) is 0 Å². The van der Waals surface area contributed by atoms with E-state index in [0.717, 1.165) is 25.9 Å². The molecular weight excluding hydrogens is 304 g/mol. The number of rotatable bonds is 19. The van der Waals surface area contributed by atoms with Gasteiger partial charge in [0.2, 0.25) is 0 Å². The third-order valence-electron chi connectivity index (χ3n) is 3.99. The van der Waals surface area contributed by atoms with Crippen molar-refractivity contribution in [2.45, 2.75) is 90.9 Å². The maximum Gasteiger partial charge on any atom is 0.305 e. The molecule has 0 fully saturated rings. The van der Waals surface area contributed by atoms with Crippen LogP contribution >= 0.6 is 0 Å². The fourth-order valence-electron chi connectivity index (χ4n) is 2.47. The van der Waals surface area contributed by atoms with Crippen LogP contribution in [0.25, 0.3) is 0 Å². The predicted octanol–water partition coefficient (Wildman–Crippen LogP) is 5.28. The zero-order chi connectivity index (χ0) is 17.7. The van der Waals surface area contributed by atoms with Crippen molar-refractivity contribution >= 4 is 5.97 Å². The Morgan fingerprint density at radius 1 is 0.583 bits per heavy atom. The monoisotopic (exact) mass is 344 g/mol. The van der Waals surface area contributed by atoms with E-state index in [2.05, 4.69) is 13.8 Å². The number of carbonyl (C=O) groups is 1. The molecule has 0 aliphatic heterocycles. The van der Waals surface area contributed by atoms with Gasteiger partial charge in [-0.1, -0.05) is 71.6 Å². The number of unbranched alkanes of at least 4 members (excludes halogenated alkanes) is 9. The van der Waals surface area contributed by atoms with Crippen LogP contribution in [0.2, 0.25) is 0 Å². The van der Waals surface area contributed by atoms with E-state index in [0.29, 0.717) is 32.8 Å². The van der Waals surface area contributed by atoms with Crippen molar-refractivity contribution < 1.29 is 19.0 Å². The number of hydrogen-bond acceptors (Lipinski definition) is 4. The van der Waals surface area contributed by atoms with E-state index in [1.165, 1.54) is 51.4 Å². The van der Waals surface area contributed by atoms with Crippen LogP contribution in [-0.2, 0) is 19.0 Å². The fourth-order valence-corrected chi connectivity index (χ4v) is 2.47. The van der Waals surface area contributed by atoms with Crippen LogP contribution in [0.1, 0.15) is 90.9 Å². The number of ether oxygens (including phenoxy) is 3. The Morgan fingerprint density at radius 3 is 1.75 bits per heavy atom. The Morgan fingerprint density at radius 2 is 1.08 bits per heavy atom. The summed E-state index contributed by atoms with van der Waals surface area (Å²) in [6.45, 7) is 7.25. The van der Waals surface area contributed by atoms with Gasteiger partial charge in [0.1, 0.15) is 6.61 Å². The molecule has 0 bridgehead atoms. The Bertz CT molecular complexity index is 256. The average Bonchev–Trinajstić information content (AvgIpc) is 2.59. The van der Waals surface area contributed by atoms with Gasteiger partial charge in [0.05, 0.1) is 19.8 Å². The summed E-state index contributed by atoms with van der Waals surface area (Å²) in [7, 11) is 0. The van der Waals surface area contributed by atoms with Gasteiger partial charge in [-0.15, -0.1) is 0 Å². The van der Waals surface area contributed by atoms with E-state index >= 15 is 0 Å². The second kappa shape index (κ2) is 20.4. The van der Waals surface area contributed by atoms with Crippen molar-refractivity contribution in [3.05, 3.63) is 0 Å². The quantitative estimate of drug-likeness (QED) is 0.236. The van der Waals surface area contributed by atoms with Crippen LogP contribution in [0.3, 0.4) is 0 Å². The average molecular weight is 345 g/mol. The SMILES string of the molecule is CCCCCCCCCC(=O)OCCOCCOCCCCCC. The lowest BCUT2D eigenvalue weighted by Crippen LogP contribution is -2.13. The molecule has 0 saturated heterocycles. The Labute approximate surface area is 149 Å². The fraction of sp³-hybridized carbons (Fsp3) is 0.950. The molecule has 4 nitrogen and oxygen atoms in total. The van der Waals surface area contributed by atoms with Crippen LogP contribution in [0.15, 0.2) is 0 Å². The lowest BCUT2D eigenvalue weighted by molar-refractivity contribution is -0.145. The molecule has 0 saturated carbocycles. The van der Waals surface area contributed by atoms with Crippen molar-refractivity contribution in [3.63, 3.8) is 0 Å². The van der Waals surface area contributed by atoms with Crippen molar-refractivity contribution in [2.24, 2.45) is 0 Å². The molecule has 0 aromatic heterocycles. The second-order valence-electron chi connectivity index (χ2n) is 6.38. The van der Waals surface area contributed by atoms with Crippen LogP contribution in [0.5, 0.6) is 0 Å². The van der Waals surface area contributed by atoms with Crippen LogP contribution in [-0.4, -0.2) is 39.0 Å². The third-order valence-corrected chi connectivity index (χ3v) is 3.99. The topological polar surface area (TPSA) is 44.8 Å². The molecule has 0 rings (SSSR count). The Kier molecular flexibility index (Phi) is 19.9. The first-order valence-electron chi connectivity index (χ1n) is 10.1. The highest BCUT2D eigenvalue weighted by Crippen LogP contribution is 2.08. The molecule has 0 aliphatic rings. The highest BCUT2D eigenvalue weighted by atomic mass is 16.6. The van der Waals surface area contributed by atoms with Gasteiger partial charge in [0.25, 0.3) is 0 Å². The van der Waals surface area contributed by atoms with Crippen LogP contribution < -0.4 is 0 Å². The molecular formula is C20H40O4. The maximum absolute atomic E-state index is 11.5. The maximum atomic E-state index is 11.5. The summed E-state index contributed by atoms with van der Waals surface area (Å²) in [5, 5.41) is 0. The molecule has 0 N–H and O–H groups in total. The van der Waals surface area contributed by atoms with Gasteiger partial charge in [-0.2, -0.15) is 0 Å². The lowest BCUT2D eigenvalue weighted by atomic mass is 10.1. The molecule has 144 valence electrons. The van der Waals surface area contributed by atoms with E-state index in [4.69, 9.17) is 14.2 Å². The molecule has 0 aromatic carbocycles. The summed E-state index contributed by atoms with van der Waals surface area (Å²) in [4.78, 5) is 11.5. The highest BCUT2D eigenvalue weighted by molar-refractivity contribution is 5.69. The van der Waals surface area contributed by atoms with E-state index in [1.807, 2.05) is 0 Å². The molecule has 4 heteroatoms. The van der Waals surface area contributed by atoms with Crippen LogP contribution in [0.4, 0.5) is 0 Å². The molecule has 0 unspecified atom stereocenters. The summed E-state index contributed by atoms with van der Waals surface area (Å²) in [6, 6.07) is 0. The van der Waals surface area contributed by atoms with Gasteiger partial charge in [0.15, 0.2) is 0 Å². The van der Waals surface area contributed by atoms with Gasteiger partial charge >= 0.3 is 5.97 Å². The zero-order valence-electron chi connectivity index (χ0n) is 16.2. The molecule has 0 heterocycles. The summed E-state index contributed by atoms with van der Waals surface area (Å²) in [6.07, 6.45) is 14.0. The van der Waals surface area contributed by atoms with E-state index in [1.54, 1.807) is 0 Å². The van der Waals surface area contributed by atoms with Crippen LogP contribution in [0, 0.1) is 0 Å². The second-order valence-corrected chi connectivity index (χ2v) is 6.38. The molecule has 0 spiro atoms. The smallest absolute Gasteiger partial charge is 0.305 e. The largest absolute Gasteiger partial charge is 0.463 e. The number of carbonyl (C=O) groups excluding carboxylic acids is 1. The molecule has 24 heavy (non-hydrogen) atoms. The van der Waals surface area contributed by atoms with Gasteiger partial charge < -0.3 is 14.2 Å². The minimum atomic E-state index is -0.0978. The minimum absolute atomic E-state index is 0.0978. The zero-order valence-corrected chi connectivity index (χ0v) is 16.2. The van der Waals surface area contributed by atoms with E-state index < -0.39 is 0 Å². The van der Waals surface area contributed by atoms with Gasteiger partial charge in [-0.05, 0) is 12.8 Å². The molecule has 0 radical (unpaired) electrons. The van der Waals surface area contributed by atoms with E-state index in [-0.39, 0.29) is 5.97 Å². The van der Waals surface area contributed by atoms with Gasteiger partial charge in [0, 0.05) is 13.0 Å².